The van der Waals surface area contributed by atoms with Crippen molar-refractivity contribution in [1.82, 2.24) is 5.32 Å². The molecule has 7 heteroatoms. The van der Waals surface area contributed by atoms with Crippen molar-refractivity contribution in [2.24, 2.45) is 0 Å². The summed E-state index contributed by atoms with van der Waals surface area (Å²) in [5.41, 5.74) is 0.718. The van der Waals surface area contributed by atoms with Crippen LogP contribution in [0.5, 0.6) is 0 Å². The monoisotopic (exact) mass is 363 g/mol. The maximum absolute atomic E-state index is 12.4. The Morgan fingerprint density at radius 1 is 1.20 bits per heavy atom. The largest absolute Gasteiger partial charge is 0.478 e. The van der Waals surface area contributed by atoms with E-state index < -0.39 is 5.97 Å². The first-order valence-corrected chi connectivity index (χ1v) is 8.90. The molecule has 25 heavy (non-hydrogen) atoms. The van der Waals surface area contributed by atoms with Crippen LogP contribution in [-0.2, 0) is 10.5 Å². The van der Waals surface area contributed by atoms with Gasteiger partial charge in [0.25, 0.3) is 5.91 Å². The number of furan rings is 1. The predicted octanol–water partition coefficient (Wildman–Crippen LogP) is 3.43. The lowest BCUT2D eigenvalue weighted by molar-refractivity contribution is 0.0694. The highest BCUT2D eigenvalue weighted by molar-refractivity contribution is 7.98. The molecule has 2 rings (SSSR count). The fourth-order valence-electron chi connectivity index (χ4n) is 2.23. The molecule has 0 fully saturated rings. The summed E-state index contributed by atoms with van der Waals surface area (Å²) in [6.07, 6.45) is 3.10. The van der Waals surface area contributed by atoms with Crippen LogP contribution in [0.2, 0.25) is 0 Å². The second-order valence-electron chi connectivity index (χ2n) is 5.30. The van der Waals surface area contributed by atoms with Crippen LogP contribution >= 0.6 is 11.8 Å². The number of carbonyl (C=O) groups excluding carboxylic acids is 1. The van der Waals surface area contributed by atoms with Crippen LogP contribution in [0.25, 0.3) is 0 Å². The number of ether oxygens (including phenoxy) is 1. The smallest absolute Gasteiger partial charge is 0.339 e. The van der Waals surface area contributed by atoms with Crippen LogP contribution in [0.4, 0.5) is 0 Å². The molecule has 0 saturated carbocycles. The molecule has 1 amide bonds. The quantitative estimate of drug-likeness (QED) is 0.497. The maximum Gasteiger partial charge on any atom is 0.339 e. The van der Waals surface area contributed by atoms with E-state index in [1.165, 1.54) is 24.1 Å². The van der Waals surface area contributed by atoms with Gasteiger partial charge in [0.05, 0.1) is 17.6 Å². The minimum Gasteiger partial charge on any atom is -0.478 e. The molecule has 6 nitrogen and oxygen atoms in total. The van der Waals surface area contributed by atoms with Gasteiger partial charge in [0.15, 0.2) is 0 Å². The number of unbranched alkanes of at least 4 members (excludes halogenated alkanes) is 1. The number of rotatable bonds is 10. The number of carboxylic acids is 1. The van der Waals surface area contributed by atoms with Crippen LogP contribution in [-0.4, -0.2) is 37.2 Å². The van der Waals surface area contributed by atoms with Gasteiger partial charge in [-0.3, -0.25) is 4.79 Å². The topological polar surface area (TPSA) is 88.8 Å². The third-order valence-corrected chi connectivity index (χ3v) is 4.60. The van der Waals surface area contributed by atoms with Gasteiger partial charge in [0.2, 0.25) is 0 Å². The molecule has 0 unspecified atom stereocenters. The Morgan fingerprint density at radius 3 is 2.76 bits per heavy atom. The Labute approximate surface area is 150 Å². The van der Waals surface area contributed by atoms with E-state index in [1.54, 1.807) is 19.2 Å². The van der Waals surface area contributed by atoms with Gasteiger partial charge in [0, 0.05) is 25.2 Å². The van der Waals surface area contributed by atoms with Gasteiger partial charge in [-0.1, -0.05) is 12.1 Å². The normalized spacial score (nSPS) is 10.6. The summed E-state index contributed by atoms with van der Waals surface area (Å²) < 4.78 is 10.2. The lowest BCUT2D eigenvalue weighted by atomic mass is 10.2. The van der Waals surface area contributed by atoms with E-state index in [1.807, 2.05) is 12.1 Å². The second kappa shape index (κ2) is 9.90. The summed E-state index contributed by atoms with van der Waals surface area (Å²) in [6.45, 7) is 1.26. The number of carboxylic acid groups (broad SMARTS) is 1. The van der Waals surface area contributed by atoms with Crippen molar-refractivity contribution in [3.63, 3.8) is 0 Å². The minimum absolute atomic E-state index is 0.140. The van der Waals surface area contributed by atoms with E-state index in [2.05, 4.69) is 5.32 Å². The molecule has 2 N–H and O–H groups in total. The van der Waals surface area contributed by atoms with Crippen molar-refractivity contribution in [3.8, 4) is 0 Å². The number of thioether (sulfide) groups is 1. The highest BCUT2D eigenvalue weighted by Gasteiger charge is 2.16. The van der Waals surface area contributed by atoms with Crippen molar-refractivity contribution in [2.45, 2.75) is 23.5 Å². The van der Waals surface area contributed by atoms with E-state index in [0.717, 1.165) is 17.7 Å². The molecule has 0 spiro atoms. The molecule has 1 aromatic carbocycles. The third kappa shape index (κ3) is 5.65. The van der Waals surface area contributed by atoms with Gasteiger partial charge in [-0.15, -0.1) is 11.8 Å². The first kappa shape index (κ1) is 19.1. The van der Waals surface area contributed by atoms with Crippen LogP contribution in [0, 0.1) is 0 Å². The zero-order valence-electron chi connectivity index (χ0n) is 14.0. The summed E-state index contributed by atoms with van der Waals surface area (Å²) in [5.74, 6) is -0.440. The summed E-state index contributed by atoms with van der Waals surface area (Å²) in [6, 6.07) is 8.68. The zero-order valence-corrected chi connectivity index (χ0v) is 14.8. The van der Waals surface area contributed by atoms with Crippen LogP contribution in [0.3, 0.4) is 0 Å². The number of hydrogen-bond donors (Lipinski definition) is 2. The average Bonchev–Trinajstić information content (AvgIpc) is 3.09. The van der Waals surface area contributed by atoms with Gasteiger partial charge in [-0.2, -0.15) is 0 Å². The highest BCUT2D eigenvalue weighted by atomic mass is 32.2. The van der Waals surface area contributed by atoms with E-state index in [-0.39, 0.29) is 11.5 Å². The lowest BCUT2D eigenvalue weighted by Crippen LogP contribution is -2.25. The fraction of sp³-hybridized carbons (Fsp3) is 0.333. The highest BCUT2D eigenvalue weighted by Crippen LogP contribution is 2.28. The summed E-state index contributed by atoms with van der Waals surface area (Å²) in [7, 11) is 1.65. The molecular weight excluding hydrogens is 342 g/mol. The molecule has 0 bridgehead atoms. The van der Waals surface area contributed by atoms with E-state index >= 15 is 0 Å². The molecular formula is C18H21NO5S. The standard InChI is InChI=1S/C18H21NO5S/c1-23-10-5-4-9-19-17(20)14-6-2-3-7-16(14)25-12-15-13(18(21)22)8-11-24-15/h2-3,6-8,11H,4-5,9-10,12H2,1H3,(H,19,20)(H,21,22). The van der Waals surface area contributed by atoms with Gasteiger partial charge in [-0.25, -0.2) is 4.79 Å². The molecule has 1 heterocycles. The molecule has 0 aliphatic rings. The van der Waals surface area contributed by atoms with Gasteiger partial charge < -0.3 is 19.6 Å². The first-order chi connectivity index (χ1) is 12.1. The first-order valence-electron chi connectivity index (χ1n) is 7.92. The summed E-state index contributed by atoms with van der Waals surface area (Å²) >= 11 is 1.37. The molecule has 134 valence electrons. The predicted molar refractivity (Wildman–Crippen MR) is 95.1 cm³/mol. The molecule has 0 radical (unpaired) electrons. The van der Waals surface area contributed by atoms with Crippen molar-refractivity contribution < 1.29 is 23.8 Å². The third-order valence-electron chi connectivity index (χ3n) is 3.53. The molecule has 0 aliphatic carbocycles. The average molecular weight is 363 g/mol. The Balaban J connectivity index is 1.96. The molecule has 0 saturated heterocycles. The Kier molecular flexibility index (Phi) is 7.56. The van der Waals surface area contributed by atoms with Gasteiger partial charge in [-0.05, 0) is 31.0 Å². The number of benzene rings is 1. The zero-order chi connectivity index (χ0) is 18.1. The van der Waals surface area contributed by atoms with Crippen LogP contribution < -0.4 is 5.32 Å². The van der Waals surface area contributed by atoms with E-state index in [4.69, 9.17) is 14.3 Å². The van der Waals surface area contributed by atoms with Crippen molar-refractivity contribution >= 4 is 23.6 Å². The number of carbonyl (C=O) groups is 2. The number of hydrogen-bond acceptors (Lipinski definition) is 5. The van der Waals surface area contributed by atoms with Gasteiger partial charge >= 0.3 is 5.97 Å². The number of nitrogens with one attached hydrogen (secondary N) is 1. The molecule has 2 aromatic rings. The Morgan fingerprint density at radius 2 is 2.00 bits per heavy atom. The number of amides is 1. The number of aromatic carboxylic acids is 1. The maximum atomic E-state index is 12.4. The van der Waals surface area contributed by atoms with E-state index in [0.29, 0.717) is 30.2 Å². The summed E-state index contributed by atoms with van der Waals surface area (Å²) in [5, 5.41) is 12.0. The molecule has 0 atom stereocenters. The Hall–Kier alpha value is -2.25. The fourth-order valence-corrected chi connectivity index (χ4v) is 3.24. The van der Waals surface area contributed by atoms with Crippen LogP contribution in [0.1, 0.15) is 39.3 Å². The minimum atomic E-state index is -1.02. The number of methoxy groups -OCH3 is 1. The lowest BCUT2D eigenvalue weighted by Gasteiger charge is -2.09. The molecule has 0 aliphatic heterocycles. The second-order valence-corrected chi connectivity index (χ2v) is 6.32. The van der Waals surface area contributed by atoms with Crippen molar-refractivity contribution in [3.05, 3.63) is 53.5 Å². The molecule has 1 aromatic heterocycles. The van der Waals surface area contributed by atoms with Crippen molar-refractivity contribution in [2.75, 3.05) is 20.3 Å². The van der Waals surface area contributed by atoms with Crippen LogP contribution in [0.15, 0.2) is 45.9 Å². The van der Waals surface area contributed by atoms with Gasteiger partial charge in [0.1, 0.15) is 11.3 Å². The SMILES string of the molecule is COCCCCNC(=O)c1ccccc1SCc1occc1C(=O)O. The Bertz CT molecular complexity index is 713. The summed E-state index contributed by atoms with van der Waals surface area (Å²) in [4.78, 5) is 24.3. The van der Waals surface area contributed by atoms with Crippen molar-refractivity contribution in [1.29, 1.82) is 0 Å². The van der Waals surface area contributed by atoms with E-state index in [9.17, 15) is 9.59 Å².